The number of esters is 1. The number of benzene rings is 1. The van der Waals surface area contributed by atoms with Crippen LogP contribution in [0.15, 0.2) is 34.8 Å². The lowest BCUT2D eigenvalue weighted by Crippen LogP contribution is -2.25. The number of fused-ring (bicyclic) bond motifs is 1. The van der Waals surface area contributed by atoms with Crippen molar-refractivity contribution in [3.63, 3.8) is 0 Å². The van der Waals surface area contributed by atoms with Crippen LogP contribution in [0.2, 0.25) is 0 Å². The van der Waals surface area contributed by atoms with Gasteiger partial charge in [0.2, 0.25) is 5.75 Å². The van der Waals surface area contributed by atoms with E-state index in [9.17, 15) is 19.7 Å². The third-order valence-corrected chi connectivity index (χ3v) is 5.26. The molecule has 0 aliphatic rings. The van der Waals surface area contributed by atoms with Gasteiger partial charge in [-0.25, -0.2) is 0 Å². The Labute approximate surface area is 188 Å². The second-order valence-corrected chi connectivity index (χ2v) is 7.65. The number of unbranched alkanes of at least 4 members (excludes halogenated alkanes) is 5. The van der Waals surface area contributed by atoms with Gasteiger partial charge in [0.15, 0.2) is 5.75 Å². The molecule has 1 heterocycles. The van der Waals surface area contributed by atoms with E-state index < -0.39 is 16.5 Å². The molecule has 0 aliphatic heterocycles. The molecule has 0 saturated carbocycles. The van der Waals surface area contributed by atoms with E-state index >= 15 is 0 Å². The number of non-ortho nitro benzene ring substituents is 1. The fourth-order valence-electron chi connectivity index (χ4n) is 3.57. The average molecular weight is 445 g/mol. The molecule has 0 saturated heterocycles. The molecule has 8 heteroatoms. The van der Waals surface area contributed by atoms with E-state index in [0.717, 1.165) is 32.1 Å². The van der Waals surface area contributed by atoms with E-state index in [1.165, 1.54) is 36.1 Å². The van der Waals surface area contributed by atoms with E-state index in [0.29, 0.717) is 29.6 Å². The second kappa shape index (κ2) is 12.0. The fourth-order valence-corrected chi connectivity index (χ4v) is 3.57. The van der Waals surface area contributed by atoms with Crippen LogP contribution in [-0.2, 0) is 11.3 Å². The first kappa shape index (κ1) is 25.1. The molecule has 0 N–H and O–H groups in total. The Bertz CT molecular complexity index is 1050. The summed E-state index contributed by atoms with van der Waals surface area (Å²) >= 11 is 0. The molecule has 1 aromatic heterocycles. The minimum atomic E-state index is -0.641. The van der Waals surface area contributed by atoms with Crippen molar-refractivity contribution in [2.24, 2.45) is 0 Å². The zero-order chi connectivity index (χ0) is 23.7. The van der Waals surface area contributed by atoms with Gasteiger partial charge in [-0.05, 0) is 25.5 Å². The summed E-state index contributed by atoms with van der Waals surface area (Å²) < 4.78 is 12.7. The topological polar surface area (TPSA) is 101 Å². The quantitative estimate of drug-likeness (QED) is 0.133. The molecule has 0 aliphatic carbocycles. The van der Waals surface area contributed by atoms with Gasteiger partial charge in [-0.2, -0.15) is 0 Å². The summed E-state index contributed by atoms with van der Waals surface area (Å²) in [6, 6.07) is 4.27. The molecule has 2 rings (SSSR count). The fraction of sp³-hybridized carbons (Fsp3) is 0.500. The Balaban J connectivity index is 2.64. The van der Waals surface area contributed by atoms with Gasteiger partial charge < -0.3 is 14.0 Å². The van der Waals surface area contributed by atoms with Crippen LogP contribution in [0, 0.1) is 10.1 Å². The lowest BCUT2D eigenvalue weighted by atomic mass is 10.1. The number of rotatable bonds is 12. The summed E-state index contributed by atoms with van der Waals surface area (Å²) in [5.41, 5.74) is -0.278. The molecule has 2 aromatic rings. The first-order valence-corrected chi connectivity index (χ1v) is 11.2. The molecule has 8 nitrogen and oxygen atoms in total. The van der Waals surface area contributed by atoms with Crippen molar-refractivity contribution < 1.29 is 19.2 Å². The smallest absolute Gasteiger partial charge is 0.308 e. The molecule has 32 heavy (non-hydrogen) atoms. The van der Waals surface area contributed by atoms with Crippen molar-refractivity contribution in [3.8, 4) is 11.5 Å². The molecule has 1 aromatic carbocycles. The molecule has 174 valence electrons. The lowest BCUT2D eigenvalue weighted by Gasteiger charge is -2.18. The van der Waals surface area contributed by atoms with Crippen LogP contribution in [0.1, 0.15) is 72.6 Å². The normalized spacial score (nSPS) is 11.6. The molecular weight excluding hydrogens is 412 g/mol. The maximum atomic E-state index is 13.4. The second-order valence-electron chi connectivity index (χ2n) is 7.65. The molecule has 0 fully saturated rings. The highest BCUT2D eigenvalue weighted by molar-refractivity contribution is 5.90. The number of hydrogen-bond donors (Lipinski definition) is 0. The molecule has 0 spiro atoms. The maximum absolute atomic E-state index is 13.4. The van der Waals surface area contributed by atoms with E-state index in [-0.39, 0.29) is 17.2 Å². The largest absolute Gasteiger partial charge is 0.457 e. The highest BCUT2D eigenvalue weighted by Crippen LogP contribution is 2.36. The van der Waals surface area contributed by atoms with Crippen LogP contribution in [-0.4, -0.2) is 15.5 Å². The van der Waals surface area contributed by atoms with Crippen molar-refractivity contribution in [2.75, 3.05) is 0 Å². The molecule has 0 bridgehead atoms. The predicted molar refractivity (Wildman–Crippen MR) is 124 cm³/mol. The van der Waals surface area contributed by atoms with E-state index in [1.807, 2.05) is 6.92 Å². The minimum Gasteiger partial charge on any atom is -0.457 e. The minimum absolute atomic E-state index is 0.101. The number of aryl methyl sites for hydroxylation is 1. The number of ether oxygens (including phenoxy) is 2. The van der Waals surface area contributed by atoms with Gasteiger partial charge >= 0.3 is 5.97 Å². The summed E-state index contributed by atoms with van der Waals surface area (Å²) in [7, 11) is 0. The predicted octanol–water partition coefficient (Wildman–Crippen LogP) is 5.89. The van der Waals surface area contributed by atoms with Crippen molar-refractivity contribution in [1.29, 1.82) is 0 Å². The highest BCUT2D eigenvalue weighted by atomic mass is 16.6. The number of carbonyl (C=O) groups is 1. The molecular formula is C24H32N2O6. The van der Waals surface area contributed by atoms with Crippen LogP contribution < -0.4 is 15.0 Å². The van der Waals surface area contributed by atoms with Crippen molar-refractivity contribution in [3.05, 3.63) is 50.5 Å². The van der Waals surface area contributed by atoms with Gasteiger partial charge in [0.1, 0.15) is 0 Å². The summed E-state index contributed by atoms with van der Waals surface area (Å²) in [5.74, 6) is -0.147. The van der Waals surface area contributed by atoms with Crippen molar-refractivity contribution in [1.82, 2.24) is 4.57 Å². The molecule has 0 radical (unpaired) electrons. The Kier molecular flexibility index (Phi) is 9.43. The molecule has 0 unspecified atom stereocenters. The maximum Gasteiger partial charge on any atom is 0.308 e. The van der Waals surface area contributed by atoms with Gasteiger partial charge in [0, 0.05) is 37.4 Å². The average Bonchev–Trinajstić information content (AvgIpc) is 2.77. The first-order valence-electron chi connectivity index (χ1n) is 11.2. The summed E-state index contributed by atoms with van der Waals surface area (Å²) in [6.45, 7) is 7.43. The number of nitro benzene ring substituents is 1. The van der Waals surface area contributed by atoms with Crippen LogP contribution in [0.25, 0.3) is 10.9 Å². The molecule has 0 amide bonds. The van der Waals surface area contributed by atoms with Gasteiger partial charge in [0.25, 0.3) is 11.2 Å². The van der Waals surface area contributed by atoms with Gasteiger partial charge in [-0.3, -0.25) is 19.7 Å². The van der Waals surface area contributed by atoms with E-state index in [4.69, 9.17) is 9.47 Å². The molecule has 0 atom stereocenters. The van der Waals surface area contributed by atoms with E-state index in [2.05, 4.69) is 6.92 Å². The lowest BCUT2D eigenvalue weighted by molar-refractivity contribution is -0.384. The van der Waals surface area contributed by atoms with Crippen LogP contribution >= 0.6 is 0 Å². The first-order chi connectivity index (χ1) is 15.3. The summed E-state index contributed by atoms with van der Waals surface area (Å²) in [4.78, 5) is 36.0. The van der Waals surface area contributed by atoms with Crippen molar-refractivity contribution in [2.45, 2.75) is 79.2 Å². The Hall–Kier alpha value is -3.16. The zero-order valence-corrected chi connectivity index (χ0v) is 19.3. The number of pyridine rings is 1. The van der Waals surface area contributed by atoms with Crippen LogP contribution in [0.4, 0.5) is 5.69 Å². The number of hydrogen-bond acceptors (Lipinski definition) is 6. The van der Waals surface area contributed by atoms with Gasteiger partial charge in [-0.15, -0.1) is 0 Å². The highest BCUT2D eigenvalue weighted by Gasteiger charge is 2.23. The summed E-state index contributed by atoms with van der Waals surface area (Å²) in [6.07, 6.45) is 8.49. The van der Waals surface area contributed by atoms with Crippen LogP contribution in [0.3, 0.4) is 0 Å². The number of nitrogens with zero attached hydrogens (tertiary/aromatic N) is 2. The van der Waals surface area contributed by atoms with Gasteiger partial charge in [-0.1, -0.05) is 46.0 Å². The van der Waals surface area contributed by atoms with Crippen molar-refractivity contribution >= 4 is 22.6 Å². The summed E-state index contributed by atoms with van der Waals surface area (Å²) in [5, 5.41) is 11.9. The van der Waals surface area contributed by atoms with Crippen LogP contribution in [0.5, 0.6) is 11.5 Å². The number of allylic oxidation sites excluding steroid dienone is 2. The Morgan fingerprint density at radius 3 is 2.38 bits per heavy atom. The van der Waals surface area contributed by atoms with E-state index in [1.54, 1.807) is 13.0 Å². The third-order valence-electron chi connectivity index (χ3n) is 5.26. The third kappa shape index (κ3) is 6.18. The monoisotopic (exact) mass is 444 g/mol. The Morgan fingerprint density at radius 2 is 1.78 bits per heavy atom. The Morgan fingerprint density at radius 1 is 1.09 bits per heavy atom. The zero-order valence-electron chi connectivity index (χ0n) is 19.3. The van der Waals surface area contributed by atoms with Gasteiger partial charge in [0.05, 0.1) is 16.2 Å². The number of nitro groups is 1. The number of carbonyl (C=O) groups excluding carboxylic acids is 1. The number of aromatic nitrogens is 1. The SMILES string of the molecule is CC=C(CC)Oc1c(OC(C)=O)c(=O)n(CCCCCCCC)c2cc([N+](=O)[O-])ccc12. The standard InChI is InChI=1S/C24H32N2O6/c1-5-8-9-10-11-12-15-25-21-16-18(26(29)30)13-14-20(21)22(32-19(6-2)7-3)23(24(25)28)31-17(4)27/h6,13-14,16H,5,7-12,15H2,1-4H3.